The number of pyridine rings is 1. The van der Waals surface area contributed by atoms with Gasteiger partial charge in [-0.3, -0.25) is 5.43 Å². The van der Waals surface area contributed by atoms with Crippen LogP contribution < -0.4 is 15.2 Å². The van der Waals surface area contributed by atoms with Crippen LogP contribution in [0.1, 0.15) is 19.4 Å². The molecule has 0 radical (unpaired) electrons. The summed E-state index contributed by atoms with van der Waals surface area (Å²) in [5.41, 5.74) is -0.625. The normalized spacial score (nSPS) is 13.5. The number of aromatic nitrogens is 1. The molecule has 0 aliphatic rings. The van der Waals surface area contributed by atoms with E-state index in [1.807, 2.05) is 10.3 Å². The van der Waals surface area contributed by atoms with Crippen LogP contribution in [0.15, 0.2) is 24.3 Å². The third-order valence-electron chi connectivity index (χ3n) is 4.56. The van der Waals surface area contributed by atoms with Gasteiger partial charge in [0, 0.05) is 24.2 Å². The van der Waals surface area contributed by atoms with Gasteiger partial charge in [-0.2, -0.15) is 52.2 Å². The van der Waals surface area contributed by atoms with Gasteiger partial charge in [0.1, 0.15) is 18.9 Å². The van der Waals surface area contributed by atoms with Crippen molar-refractivity contribution in [3.63, 3.8) is 0 Å². The lowest BCUT2D eigenvalue weighted by molar-refractivity contribution is -0.138. The quantitative estimate of drug-likeness (QED) is 0.356. The van der Waals surface area contributed by atoms with Crippen LogP contribution in [0.4, 0.5) is 51.0 Å². The smallest absolute Gasteiger partial charge is 0.353 e. The Morgan fingerprint density at radius 2 is 1.43 bits per heavy atom. The summed E-state index contributed by atoms with van der Waals surface area (Å²) in [6.45, 7) is -0.948. The van der Waals surface area contributed by atoms with E-state index in [4.69, 9.17) is 0 Å². The lowest BCUT2D eigenvalue weighted by Gasteiger charge is -2.27. The van der Waals surface area contributed by atoms with Crippen LogP contribution in [-0.4, -0.2) is 56.2 Å². The number of alkyl halides is 9. The predicted octanol–water partition coefficient (Wildman–Crippen LogP) is 4.69. The summed E-state index contributed by atoms with van der Waals surface area (Å²) >= 11 is 0. The highest BCUT2D eigenvalue weighted by atomic mass is 32.2. The van der Waals surface area contributed by atoms with E-state index >= 15 is 0 Å². The number of benzene rings is 1. The van der Waals surface area contributed by atoms with Crippen molar-refractivity contribution in [1.29, 1.82) is 0 Å². The summed E-state index contributed by atoms with van der Waals surface area (Å²) in [6.07, 6.45) is -15.2. The zero-order valence-electron chi connectivity index (χ0n) is 18.1. The summed E-state index contributed by atoms with van der Waals surface area (Å²) in [4.78, 5) is 5.51. The van der Waals surface area contributed by atoms with Crippen molar-refractivity contribution in [2.45, 2.75) is 32.4 Å². The lowest BCUT2D eigenvalue weighted by atomic mass is 10.1. The first-order valence-electron chi connectivity index (χ1n) is 9.79. The van der Waals surface area contributed by atoms with Crippen molar-refractivity contribution >= 4 is 32.6 Å². The number of nitrogens with zero attached hydrogens (tertiary/aromatic N) is 3. The third kappa shape index (κ3) is 7.99. The van der Waals surface area contributed by atoms with Crippen LogP contribution in [0.3, 0.4) is 0 Å². The number of halogens is 9. The number of nitrogens with one attached hydrogen (secondary N) is 2. The molecule has 0 unspecified atom stereocenters. The van der Waals surface area contributed by atoms with Gasteiger partial charge < -0.3 is 4.90 Å². The molecule has 17 heteroatoms. The molecule has 2 aromatic rings. The second kappa shape index (κ2) is 10.2. The van der Waals surface area contributed by atoms with Gasteiger partial charge in [-0.25, -0.2) is 4.98 Å². The average Bonchev–Trinajstić information content (AvgIpc) is 2.68. The second-order valence-electron chi connectivity index (χ2n) is 7.16. The minimum Gasteiger partial charge on any atom is -0.353 e. The third-order valence-corrected chi connectivity index (χ3v) is 6.11. The maximum absolute atomic E-state index is 13.7. The number of hydrogen-bond acceptors (Lipinski definition) is 5. The monoisotopic (exact) mass is 541 g/mol. The first kappa shape index (κ1) is 28.7. The Bertz CT molecular complexity index is 1110. The molecule has 2 rings (SSSR count). The van der Waals surface area contributed by atoms with Gasteiger partial charge in [0.05, 0.1) is 11.1 Å². The van der Waals surface area contributed by atoms with Crippen molar-refractivity contribution in [1.82, 2.24) is 14.1 Å². The number of fused-ring (bicyclic) bond motifs is 1. The van der Waals surface area contributed by atoms with Crippen LogP contribution in [0, 0.1) is 0 Å². The lowest BCUT2D eigenvalue weighted by Crippen LogP contribution is -2.43. The molecule has 0 amide bonds. The molecular formula is C18H20F9N5O2S. The van der Waals surface area contributed by atoms with Crippen LogP contribution in [-0.2, 0) is 16.4 Å². The Hall–Kier alpha value is -2.53. The first-order chi connectivity index (χ1) is 15.9. The van der Waals surface area contributed by atoms with E-state index in [2.05, 4.69) is 4.98 Å². The highest BCUT2D eigenvalue weighted by Crippen LogP contribution is 2.38. The van der Waals surface area contributed by atoms with E-state index < -0.39 is 69.8 Å². The molecule has 0 aliphatic heterocycles. The number of hydrogen-bond donors (Lipinski definition) is 2. The SMILES string of the molecule is CCN(CC)S(=O)(=O)NNc1cc(C(F)(F)F)c2cc(N(CC(F)(F)F)CC(F)(F)F)ccc2n1. The molecule has 198 valence electrons. The highest BCUT2D eigenvalue weighted by molar-refractivity contribution is 7.87. The van der Waals surface area contributed by atoms with Gasteiger partial charge in [-0.15, -0.1) is 4.83 Å². The van der Waals surface area contributed by atoms with Gasteiger partial charge in [0.15, 0.2) is 0 Å². The minimum atomic E-state index is -5.10. The Kier molecular flexibility index (Phi) is 8.38. The maximum Gasteiger partial charge on any atom is 0.417 e. The van der Waals surface area contributed by atoms with Crippen molar-refractivity contribution in [3.8, 4) is 0 Å². The maximum atomic E-state index is 13.7. The fourth-order valence-electron chi connectivity index (χ4n) is 3.13. The molecule has 0 fully saturated rings. The second-order valence-corrected chi connectivity index (χ2v) is 8.83. The number of anilines is 2. The summed E-state index contributed by atoms with van der Waals surface area (Å²) in [7, 11) is -4.14. The molecule has 35 heavy (non-hydrogen) atoms. The Morgan fingerprint density at radius 1 is 0.886 bits per heavy atom. The van der Waals surface area contributed by atoms with Crippen LogP contribution >= 0.6 is 0 Å². The standard InChI is InChI=1S/C18H20F9N5O2S/c1-3-32(4-2)35(33,34)30-29-15-8-13(18(25,26)27)12-7-11(5-6-14(12)28-15)31(9-16(19,20)21)10-17(22,23)24/h5-8,30H,3-4,9-10H2,1-2H3,(H,28,29). The van der Waals surface area contributed by atoms with Crippen LogP contribution in [0.5, 0.6) is 0 Å². The molecule has 1 heterocycles. The van der Waals surface area contributed by atoms with E-state index in [9.17, 15) is 47.9 Å². The Morgan fingerprint density at radius 3 is 1.89 bits per heavy atom. The molecule has 0 saturated heterocycles. The topological polar surface area (TPSA) is 77.6 Å². The zero-order valence-corrected chi connectivity index (χ0v) is 18.9. The van der Waals surface area contributed by atoms with Crippen molar-refractivity contribution in [3.05, 3.63) is 29.8 Å². The Labute approximate surface area is 194 Å². The van der Waals surface area contributed by atoms with Crippen LogP contribution in [0.2, 0.25) is 0 Å². The molecule has 0 bridgehead atoms. The molecule has 2 N–H and O–H groups in total. The van der Waals surface area contributed by atoms with Gasteiger partial charge >= 0.3 is 18.5 Å². The molecular weight excluding hydrogens is 521 g/mol. The molecule has 0 spiro atoms. The van der Waals surface area contributed by atoms with E-state index in [1.165, 1.54) is 13.8 Å². The largest absolute Gasteiger partial charge is 0.417 e. The number of rotatable bonds is 9. The fourth-order valence-corrected chi connectivity index (χ4v) is 4.17. The van der Waals surface area contributed by atoms with Crippen molar-refractivity contribution in [2.75, 3.05) is 36.5 Å². The zero-order chi connectivity index (χ0) is 26.8. The predicted molar refractivity (Wildman–Crippen MR) is 110 cm³/mol. The molecule has 0 atom stereocenters. The Balaban J connectivity index is 2.54. The van der Waals surface area contributed by atoms with Gasteiger partial charge in [0.2, 0.25) is 0 Å². The van der Waals surface area contributed by atoms with Crippen molar-refractivity contribution < 1.29 is 47.9 Å². The van der Waals surface area contributed by atoms with Gasteiger partial charge in [0.25, 0.3) is 10.2 Å². The first-order valence-corrected chi connectivity index (χ1v) is 11.2. The molecule has 0 aliphatic carbocycles. The highest BCUT2D eigenvalue weighted by Gasteiger charge is 2.38. The summed E-state index contributed by atoms with van der Waals surface area (Å²) in [5.74, 6) is -0.601. The number of hydrazine groups is 1. The molecule has 7 nitrogen and oxygen atoms in total. The van der Waals surface area contributed by atoms with Crippen LogP contribution in [0.25, 0.3) is 10.9 Å². The molecule has 0 saturated carbocycles. The van der Waals surface area contributed by atoms with E-state index in [-0.39, 0.29) is 18.0 Å². The molecule has 1 aromatic heterocycles. The van der Waals surface area contributed by atoms with Gasteiger partial charge in [-0.05, 0) is 24.3 Å². The summed E-state index contributed by atoms with van der Waals surface area (Å²) < 4.78 is 143. The molecule has 1 aromatic carbocycles. The fraction of sp³-hybridized carbons (Fsp3) is 0.500. The summed E-state index contributed by atoms with van der Waals surface area (Å²) in [5, 5.41) is -0.776. The van der Waals surface area contributed by atoms with E-state index in [0.29, 0.717) is 12.1 Å². The van der Waals surface area contributed by atoms with E-state index in [0.717, 1.165) is 16.4 Å². The average molecular weight is 541 g/mol. The minimum absolute atomic E-state index is 0.0571. The summed E-state index contributed by atoms with van der Waals surface area (Å²) in [6, 6.07) is 2.47. The van der Waals surface area contributed by atoms with Crippen molar-refractivity contribution in [2.24, 2.45) is 0 Å². The van der Waals surface area contributed by atoms with E-state index in [1.54, 1.807) is 0 Å². The van der Waals surface area contributed by atoms with Gasteiger partial charge in [-0.1, -0.05) is 13.8 Å².